The van der Waals surface area contributed by atoms with E-state index in [2.05, 4.69) is 196 Å². The number of rotatable bonds is 8. The van der Waals surface area contributed by atoms with Crippen molar-refractivity contribution in [3.63, 3.8) is 0 Å². The van der Waals surface area contributed by atoms with E-state index in [1.165, 1.54) is 143 Å². The Labute approximate surface area is 362 Å². The van der Waals surface area contributed by atoms with E-state index >= 15 is 0 Å². The van der Waals surface area contributed by atoms with Crippen molar-refractivity contribution < 1.29 is 0 Å². The fraction of sp³-hybridized carbons (Fsp3) is 0.310. The van der Waals surface area contributed by atoms with Crippen LogP contribution < -0.4 is 32.8 Å². The third-order valence-corrected chi connectivity index (χ3v) is 14.0. The second kappa shape index (κ2) is 15.4. The molecule has 0 unspecified atom stereocenters. The smallest absolute Gasteiger partial charge is 0.0629 e. The average molecular weight is 783 g/mol. The van der Waals surface area contributed by atoms with Crippen molar-refractivity contribution in [3.8, 4) is 0 Å². The highest BCUT2D eigenvalue weighted by atomic mass is 14.2. The molecule has 0 aliphatic carbocycles. The lowest BCUT2D eigenvalue weighted by molar-refractivity contribution is 0.876. The lowest BCUT2D eigenvalue weighted by atomic mass is 9.33. The summed E-state index contributed by atoms with van der Waals surface area (Å²) in [7, 11) is 0. The zero-order valence-electron chi connectivity index (χ0n) is 39.4. The lowest BCUT2D eigenvalue weighted by Crippen LogP contribution is -2.56. The van der Waals surface area contributed by atoms with E-state index < -0.39 is 0 Å². The number of hydrogen-bond acceptors (Lipinski definition) is 0. The third kappa shape index (κ3) is 6.80. The molecule has 0 bridgehead atoms. The fourth-order valence-electron chi connectivity index (χ4n) is 12.0. The largest absolute Gasteiger partial charge is 0.243 e. The van der Waals surface area contributed by atoms with Crippen LogP contribution in [0.5, 0.6) is 0 Å². The van der Waals surface area contributed by atoms with Gasteiger partial charge < -0.3 is 0 Å². The maximum absolute atomic E-state index is 2.61. The van der Waals surface area contributed by atoms with Gasteiger partial charge in [-0.2, -0.15) is 0 Å². The van der Waals surface area contributed by atoms with Gasteiger partial charge in [0.1, 0.15) is 0 Å². The van der Waals surface area contributed by atoms with Crippen LogP contribution in [-0.2, 0) is 0 Å². The van der Waals surface area contributed by atoms with E-state index in [1.807, 2.05) is 0 Å². The maximum Gasteiger partial charge on any atom is 0.243 e. The van der Waals surface area contributed by atoms with Crippen molar-refractivity contribution >= 4 is 78.5 Å². The first kappa shape index (κ1) is 41.7. The molecule has 0 spiro atoms. The van der Waals surface area contributed by atoms with Crippen molar-refractivity contribution in [2.75, 3.05) is 0 Å². The Morgan fingerprint density at radius 1 is 0.300 bits per heavy atom. The zero-order valence-corrected chi connectivity index (χ0v) is 39.4. The van der Waals surface area contributed by atoms with Crippen molar-refractivity contribution in [2.24, 2.45) is 0 Å². The van der Waals surface area contributed by atoms with E-state index in [4.69, 9.17) is 0 Å². The molecular weight excluding hydrogens is 718 g/mol. The highest BCUT2D eigenvalue weighted by Crippen LogP contribution is 2.40. The van der Waals surface area contributed by atoms with Crippen molar-refractivity contribution in [3.05, 3.63) is 163 Å². The molecule has 0 amide bonds. The molecule has 60 heavy (non-hydrogen) atoms. The minimum atomic E-state index is 0.0840. The molecule has 0 heterocycles. The molecule has 8 aromatic carbocycles. The first-order valence-corrected chi connectivity index (χ1v) is 22.5. The van der Waals surface area contributed by atoms with Gasteiger partial charge in [-0.15, -0.1) is 0 Å². The molecule has 0 aliphatic heterocycles. The van der Waals surface area contributed by atoms with Gasteiger partial charge in [0, 0.05) is 0 Å². The SMILES string of the molecule is Cc1cc(C)c(B(c2c(C)cc(C)cc2C)c2cc(C(C)C)c3ccc4c(C(C)C)cc(B(c5c(C)cc(C)cc5C)c5c(C)cc(C)cc5C)c5ccc2c3c54)c(C)c1. The number of hydrogen-bond donors (Lipinski definition) is 0. The first-order valence-electron chi connectivity index (χ1n) is 22.5. The van der Waals surface area contributed by atoms with Crippen LogP contribution in [0.3, 0.4) is 0 Å². The van der Waals surface area contributed by atoms with Gasteiger partial charge in [-0.25, -0.2) is 0 Å². The Kier molecular flexibility index (Phi) is 10.7. The van der Waals surface area contributed by atoms with Gasteiger partial charge in [-0.05, 0) is 138 Å². The molecular formula is C58H64B2. The number of benzene rings is 8. The van der Waals surface area contributed by atoms with Crippen LogP contribution in [0, 0.1) is 83.1 Å². The van der Waals surface area contributed by atoms with Gasteiger partial charge in [-0.3, -0.25) is 0 Å². The Bertz CT molecular complexity index is 2600. The number of aryl methyl sites for hydroxylation is 12. The zero-order chi connectivity index (χ0) is 43.2. The molecule has 0 saturated carbocycles. The summed E-state index contributed by atoms with van der Waals surface area (Å²) < 4.78 is 0. The first-order chi connectivity index (χ1) is 28.4. The lowest BCUT2D eigenvalue weighted by Gasteiger charge is -2.30. The van der Waals surface area contributed by atoms with Gasteiger partial charge in [0.25, 0.3) is 0 Å². The van der Waals surface area contributed by atoms with E-state index in [-0.39, 0.29) is 13.4 Å². The quantitative estimate of drug-likeness (QED) is 0.106. The normalized spacial score (nSPS) is 12.0. The van der Waals surface area contributed by atoms with Gasteiger partial charge >= 0.3 is 0 Å². The van der Waals surface area contributed by atoms with Gasteiger partial charge in [0.15, 0.2) is 0 Å². The van der Waals surface area contributed by atoms with Crippen LogP contribution in [0.1, 0.15) is 117 Å². The molecule has 302 valence electrons. The molecule has 0 saturated heterocycles. The van der Waals surface area contributed by atoms with Crippen LogP contribution in [0.25, 0.3) is 32.3 Å². The molecule has 0 fully saturated rings. The summed E-state index contributed by atoms with van der Waals surface area (Å²) >= 11 is 0. The monoisotopic (exact) mass is 783 g/mol. The van der Waals surface area contributed by atoms with E-state index in [9.17, 15) is 0 Å². The summed E-state index contributed by atoms with van der Waals surface area (Å²) in [6.45, 7) is 37.4. The average Bonchev–Trinajstić information content (AvgIpc) is 3.13. The molecule has 0 N–H and O–H groups in total. The summed E-state index contributed by atoms with van der Waals surface area (Å²) in [6, 6.07) is 34.4. The van der Waals surface area contributed by atoms with Crippen molar-refractivity contribution in [1.29, 1.82) is 0 Å². The Balaban J connectivity index is 1.59. The molecule has 0 nitrogen and oxygen atoms in total. The van der Waals surface area contributed by atoms with Crippen LogP contribution in [0.4, 0.5) is 0 Å². The highest BCUT2D eigenvalue weighted by Gasteiger charge is 2.34. The van der Waals surface area contributed by atoms with Crippen molar-refractivity contribution in [1.82, 2.24) is 0 Å². The molecule has 0 atom stereocenters. The molecule has 0 aliphatic rings. The molecule has 0 aromatic heterocycles. The van der Waals surface area contributed by atoms with Crippen LogP contribution >= 0.6 is 0 Å². The summed E-state index contributed by atoms with van der Waals surface area (Å²) in [6.07, 6.45) is 0. The Morgan fingerprint density at radius 2 is 0.517 bits per heavy atom. The maximum atomic E-state index is 2.61. The summed E-state index contributed by atoms with van der Waals surface area (Å²) in [5.41, 5.74) is 27.7. The second-order valence-corrected chi connectivity index (χ2v) is 19.6. The standard InChI is InChI=1S/C58H64B2/c1-31(2)49-29-51(59(55-37(9)21-33(5)22-38(55)10)56-39(11)23-34(6)24-40(56)12)47-19-20-48-52(30-50(32(3)4)46-18-17-45(49)53(47)54(46)48)60(57-41(13)25-35(7)26-42(57)14)58-43(15)27-36(8)28-44(58)16/h17-32H,1-16H3. The van der Waals surface area contributed by atoms with Gasteiger partial charge in [0.2, 0.25) is 13.4 Å². The van der Waals surface area contributed by atoms with E-state index in [0.29, 0.717) is 11.8 Å². The van der Waals surface area contributed by atoms with Crippen LogP contribution in [-0.4, -0.2) is 13.4 Å². The predicted molar refractivity (Wildman–Crippen MR) is 270 cm³/mol. The summed E-state index contributed by atoms with van der Waals surface area (Å²) in [4.78, 5) is 0. The van der Waals surface area contributed by atoms with Crippen LogP contribution in [0.15, 0.2) is 84.9 Å². The minimum absolute atomic E-state index is 0.0840. The molecule has 8 rings (SSSR count). The Morgan fingerprint density at radius 3 is 0.733 bits per heavy atom. The fourth-order valence-corrected chi connectivity index (χ4v) is 12.0. The van der Waals surface area contributed by atoms with Gasteiger partial charge in [-0.1, -0.05) is 212 Å². The molecule has 0 radical (unpaired) electrons. The Hall–Kier alpha value is -5.07. The molecule has 2 heteroatoms. The second-order valence-electron chi connectivity index (χ2n) is 19.6. The molecule has 8 aromatic rings. The topological polar surface area (TPSA) is 0 Å². The highest BCUT2D eigenvalue weighted by molar-refractivity contribution is 6.99. The predicted octanol–water partition coefficient (Wildman–Crippen LogP) is 11.6. The van der Waals surface area contributed by atoms with E-state index in [0.717, 1.165) is 0 Å². The summed E-state index contributed by atoms with van der Waals surface area (Å²) in [5.74, 6) is 0.698. The van der Waals surface area contributed by atoms with E-state index in [1.54, 1.807) is 0 Å². The van der Waals surface area contributed by atoms with Gasteiger partial charge in [0.05, 0.1) is 0 Å². The third-order valence-electron chi connectivity index (χ3n) is 14.0. The van der Waals surface area contributed by atoms with Crippen molar-refractivity contribution in [2.45, 2.75) is 123 Å². The van der Waals surface area contributed by atoms with Crippen LogP contribution in [0.2, 0.25) is 0 Å². The summed E-state index contributed by atoms with van der Waals surface area (Å²) in [5, 5.41) is 8.40. The minimum Gasteiger partial charge on any atom is -0.0629 e.